The first kappa shape index (κ1) is 15.8. The van der Waals surface area contributed by atoms with Crippen LogP contribution < -0.4 is 4.43 Å². The average Bonchev–Trinajstić information content (AvgIpc) is 2.13. The predicted molar refractivity (Wildman–Crippen MR) is 84.8 cm³/mol. The van der Waals surface area contributed by atoms with E-state index in [9.17, 15) is 4.39 Å². The monoisotopic (exact) mass is 300 g/mol. The summed E-state index contributed by atoms with van der Waals surface area (Å²) in [5.74, 6) is 0. The average molecular weight is 301 g/mol. The van der Waals surface area contributed by atoms with Gasteiger partial charge in [-0.15, -0.1) is 0 Å². The van der Waals surface area contributed by atoms with Crippen LogP contribution in [-0.4, -0.2) is 30.5 Å². The number of alkyl halides is 1. The summed E-state index contributed by atoms with van der Waals surface area (Å²) < 4.78 is 19.0. The van der Waals surface area contributed by atoms with Crippen LogP contribution in [-0.2, 0) is 6.42 Å². The molecule has 1 aromatic heterocycles. The maximum absolute atomic E-state index is 12.7. The van der Waals surface area contributed by atoms with Crippen molar-refractivity contribution in [1.82, 2.24) is 0 Å². The first-order valence-electron chi connectivity index (χ1n) is 6.52. The van der Waals surface area contributed by atoms with E-state index in [-0.39, 0.29) is 6.67 Å². The zero-order valence-corrected chi connectivity index (χ0v) is 15.4. The van der Waals surface area contributed by atoms with Crippen LogP contribution in [0.5, 0.6) is 5.36 Å². The van der Waals surface area contributed by atoms with Crippen LogP contribution in [0.1, 0.15) is 5.17 Å². The molecule has 5 heteroatoms. The van der Waals surface area contributed by atoms with E-state index in [1.54, 1.807) is 0 Å². The van der Waals surface area contributed by atoms with Gasteiger partial charge in [-0.25, -0.2) is 0 Å². The van der Waals surface area contributed by atoms with Crippen LogP contribution in [0.15, 0.2) is 18.2 Å². The van der Waals surface area contributed by atoms with Gasteiger partial charge in [-0.05, 0) is 32.1 Å². The molecule has 18 heavy (non-hydrogen) atoms. The minimum absolute atomic E-state index is 0.251. The van der Waals surface area contributed by atoms with Crippen LogP contribution in [0.4, 0.5) is 4.39 Å². The van der Waals surface area contributed by atoms with Crippen molar-refractivity contribution < 1.29 is 8.82 Å². The van der Waals surface area contributed by atoms with Crippen molar-refractivity contribution in [2.75, 3.05) is 6.67 Å². The molecular formula is C13H25FOSi3. The first-order chi connectivity index (χ1) is 8.15. The molecule has 0 unspecified atom stereocenters. The van der Waals surface area contributed by atoms with Crippen molar-refractivity contribution in [3.63, 3.8) is 0 Å². The topological polar surface area (TPSA) is 9.23 Å². The molecule has 0 saturated heterocycles. The van der Waals surface area contributed by atoms with E-state index in [2.05, 4.69) is 51.4 Å². The van der Waals surface area contributed by atoms with Crippen LogP contribution in [0.3, 0.4) is 0 Å². The largest absolute Gasteiger partial charge is 0.548 e. The number of hydrogen-bond donors (Lipinski definition) is 0. The first-order valence-corrected chi connectivity index (χ1v) is 15.9. The lowest BCUT2D eigenvalue weighted by atomic mass is 10.3. The van der Waals surface area contributed by atoms with Crippen LogP contribution in [0, 0.1) is 0 Å². The van der Waals surface area contributed by atoms with Crippen molar-refractivity contribution in [1.29, 1.82) is 0 Å². The van der Waals surface area contributed by atoms with E-state index in [0.29, 0.717) is 6.42 Å². The molecule has 1 heterocycles. The van der Waals surface area contributed by atoms with Crippen molar-refractivity contribution in [3.05, 3.63) is 23.4 Å². The minimum atomic E-state index is -1.58. The van der Waals surface area contributed by atoms with Crippen LogP contribution >= 0.6 is 0 Å². The Kier molecular flexibility index (Phi) is 5.08. The van der Waals surface area contributed by atoms with Gasteiger partial charge in [0.05, 0.1) is 27.5 Å². The van der Waals surface area contributed by atoms with Crippen molar-refractivity contribution >= 4 is 23.8 Å². The Morgan fingerprint density at radius 3 is 2.17 bits per heavy atom. The smallest absolute Gasteiger partial charge is 0.241 e. The Bertz CT molecular complexity index is 408. The van der Waals surface area contributed by atoms with Gasteiger partial charge in [-0.2, -0.15) is 0 Å². The highest BCUT2D eigenvalue weighted by Crippen LogP contribution is 2.23. The molecule has 1 rings (SSSR count). The lowest BCUT2D eigenvalue weighted by Gasteiger charge is -2.28. The Labute approximate surface area is 114 Å². The fraction of sp³-hybridized carbons (Fsp3) is 0.615. The highest BCUT2D eigenvalue weighted by Gasteiger charge is 2.28. The van der Waals surface area contributed by atoms with Gasteiger partial charge in [0, 0.05) is 0 Å². The molecule has 0 fully saturated rings. The SMILES string of the molecule is C[Si](C)(C)Oc1cccc(CCF)[si]1[Si](C)(C)C. The fourth-order valence-corrected chi connectivity index (χ4v) is 13.5. The molecule has 0 saturated carbocycles. The maximum atomic E-state index is 12.7. The van der Waals surface area contributed by atoms with E-state index < -0.39 is 23.8 Å². The molecule has 0 spiro atoms. The van der Waals surface area contributed by atoms with Gasteiger partial charge in [0.2, 0.25) is 8.32 Å². The molecule has 0 atom stereocenters. The Morgan fingerprint density at radius 2 is 1.72 bits per heavy atom. The second-order valence-corrected chi connectivity index (χ2v) is 23.5. The standard InChI is InChI=1S/C13H25FOSi3/c1-17(2,3)15-13-9-7-8-12(10-11-14)16(13)18(4,5)6/h7-9H,10-11H2,1-6H3. The van der Waals surface area contributed by atoms with Crippen molar-refractivity contribution in [2.45, 2.75) is 45.7 Å². The highest BCUT2D eigenvalue weighted by atomic mass is 29.2. The zero-order valence-electron chi connectivity index (χ0n) is 12.4. The van der Waals surface area contributed by atoms with Gasteiger partial charge in [-0.1, -0.05) is 36.9 Å². The number of hydrogen-bond acceptors (Lipinski definition) is 1. The fourth-order valence-electron chi connectivity index (χ4n) is 2.15. The zero-order chi connectivity index (χ0) is 14.0. The molecule has 0 N–H and O–H groups in total. The Hall–Kier alpha value is -0.269. The third kappa shape index (κ3) is 4.44. The van der Waals surface area contributed by atoms with E-state index in [4.69, 9.17) is 4.43 Å². The summed E-state index contributed by atoms with van der Waals surface area (Å²) in [6, 6.07) is 6.30. The highest BCUT2D eigenvalue weighted by molar-refractivity contribution is 7.30. The molecule has 0 aliphatic carbocycles. The molecular weight excluding hydrogens is 275 g/mol. The number of rotatable bonds is 5. The normalized spacial score (nSPS) is 12.6. The van der Waals surface area contributed by atoms with Crippen LogP contribution in [0.2, 0.25) is 39.3 Å². The molecule has 0 aliphatic rings. The van der Waals surface area contributed by atoms with Gasteiger partial charge < -0.3 is 4.43 Å². The molecule has 0 aliphatic heterocycles. The second kappa shape index (κ2) is 5.79. The van der Waals surface area contributed by atoms with Crippen molar-refractivity contribution in [3.8, 4) is 5.36 Å². The molecule has 0 aromatic carbocycles. The van der Waals surface area contributed by atoms with E-state index in [1.165, 1.54) is 10.5 Å². The van der Waals surface area contributed by atoms with E-state index in [1.807, 2.05) is 6.07 Å². The summed E-state index contributed by atoms with van der Waals surface area (Å²) in [6.07, 6.45) is 0.585. The summed E-state index contributed by atoms with van der Waals surface area (Å²) in [4.78, 5) is 0. The second-order valence-electron chi connectivity index (χ2n) is 6.69. The molecule has 1 nitrogen and oxygen atoms in total. The van der Waals surface area contributed by atoms with Gasteiger partial charge in [0.15, 0.2) is 0 Å². The maximum Gasteiger partial charge on any atom is 0.241 e. The van der Waals surface area contributed by atoms with Crippen molar-refractivity contribution in [2.24, 2.45) is 0 Å². The molecule has 0 bridgehead atoms. The van der Waals surface area contributed by atoms with E-state index >= 15 is 0 Å². The third-order valence-electron chi connectivity index (χ3n) is 2.64. The molecule has 0 radical (unpaired) electrons. The quantitative estimate of drug-likeness (QED) is 0.743. The van der Waals surface area contributed by atoms with Gasteiger partial charge in [-0.3, -0.25) is 4.39 Å². The molecule has 0 amide bonds. The Morgan fingerprint density at radius 1 is 1.11 bits per heavy atom. The summed E-state index contributed by atoms with van der Waals surface area (Å²) in [7, 11) is -3.76. The van der Waals surface area contributed by atoms with Gasteiger partial charge in [0.1, 0.15) is 0 Å². The lowest BCUT2D eigenvalue weighted by molar-refractivity contribution is 0.497. The molecule has 102 valence electrons. The third-order valence-corrected chi connectivity index (χ3v) is 13.2. The predicted octanol–water partition coefficient (Wildman–Crippen LogP) is 4.12. The number of aryl methyl sites for hydroxylation is 1. The number of halogens is 1. The minimum Gasteiger partial charge on any atom is -0.548 e. The van der Waals surface area contributed by atoms with E-state index in [0.717, 1.165) is 0 Å². The molecule has 1 aromatic rings. The Balaban J connectivity index is 3.29. The summed E-state index contributed by atoms with van der Waals surface area (Å²) in [5, 5.41) is 2.50. The van der Waals surface area contributed by atoms with Crippen LogP contribution in [0.25, 0.3) is 0 Å². The van der Waals surface area contributed by atoms with Gasteiger partial charge in [0.25, 0.3) is 0 Å². The summed E-state index contributed by atoms with van der Waals surface area (Å²) >= 11 is 0. The van der Waals surface area contributed by atoms with Gasteiger partial charge >= 0.3 is 0 Å². The summed E-state index contributed by atoms with van der Waals surface area (Å²) in [6.45, 7) is 13.5. The lowest BCUT2D eigenvalue weighted by Crippen LogP contribution is -2.40. The summed E-state index contributed by atoms with van der Waals surface area (Å²) in [5.41, 5.74) is 0.